The molecule has 1 aliphatic carbocycles. The van der Waals surface area contributed by atoms with E-state index in [1.807, 2.05) is 6.20 Å². The van der Waals surface area contributed by atoms with Gasteiger partial charge in [-0.1, -0.05) is 6.07 Å². The van der Waals surface area contributed by atoms with Crippen molar-refractivity contribution in [2.24, 2.45) is 0 Å². The molecule has 0 aliphatic heterocycles. The Hall–Kier alpha value is -2.93. The van der Waals surface area contributed by atoms with Crippen molar-refractivity contribution in [3.05, 3.63) is 59.8 Å². The van der Waals surface area contributed by atoms with E-state index in [4.69, 9.17) is 0 Å². The van der Waals surface area contributed by atoms with E-state index in [2.05, 4.69) is 56.5 Å². The van der Waals surface area contributed by atoms with E-state index >= 15 is 0 Å². The van der Waals surface area contributed by atoms with Crippen LogP contribution in [0.1, 0.15) is 29.5 Å². The molecule has 4 heterocycles. The molecule has 0 saturated carbocycles. The van der Waals surface area contributed by atoms with E-state index in [0.717, 1.165) is 39.8 Å². The molecule has 4 aromatic heterocycles. The van der Waals surface area contributed by atoms with Gasteiger partial charge < -0.3 is 0 Å². The van der Waals surface area contributed by atoms with Gasteiger partial charge in [0, 0.05) is 11.8 Å². The lowest BCUT2D eigenvalue weighted by atomic mass is 9.91. The predicted molar refractivity (Wildman–Crippen MR) is 105 cm³/mol. The average Bonchev–Trinajstić information content (AvgIpc) is 3.40. The van der Waals surface area contributed by atoms with Crippen molar-refractivity contribution in [1.82, 2.24) is 29.9 Å². The lowest BCUT2D eigenvalue weighted by molar-refractivity contribution is 0.660. The first-order valence-corrected chi connectivity index (χ1v) is 9.88. The van der Waals surface area contributed by atoms with E-state index in [9.17, 15) is 0 Å². The summed E-state index contributed by atoms with van der Waals surface area (Å²) in [5, 5.41) is 13.3. The molecular weight excluding hydrogens is 356 g/mol. The van der Waals surface area contributed by atoms with Gasteiger partial charge in [-0.2, -0.15) is 5.10 Å². The van der Waals surface area contributed by atoms with Crippen molar-refractivity contribution in [1.29, 1.82) is 0 Å². The smallest absolute Gasteiger partial charge is 0.180 e. The molecule has 0 aromatic carbocycles. The lowest BCUT2D eigenvalue weighted by Crippen LogP contribution is -2.14. The highest BCUT2D eigenvalue weighted by Crippen LogP contribution is 2.37. The number of pyridine rings is 1. The van der Waals surface area contributed by atoms with Crippen LogP contribution in [-0.4, -0.2) is 29.9 Å². The summed E-state index contributed by atoms with van der Waals surface area (Å²) in [6, 6.07) is 8.42. The second-order valence-electron chi connectivity index (χ2n) is 6.76. The van der Waals surface area contributed by atoms with Gasteiger partial charge in [0.2, 0.25) is 0 Å². The largest absolute Gasteiger partial charge is 0.255 e. The Kier molecular flexibility index (Phi) is 4.01. The maximum atomic E-state index is 4.59. The Bertz CT molecular complexity index is 1080. The van der Waals surface area contributed by atoms with Gasteiger partial charge in [-0.3, -0.25) is 4.98 Å². The van der Waals surface area contributed by atoms with Crippen molar-refractivity contribution in [3.8, 4) is 27.0 Å². The average molecular weight is 374 g/mol. The number of fused-ring (bicyclic) bond motifs is 1. The van der Waals surface area contributed by atoms with Gasteiger partial charge >= 0.3 is 0 Å². The SMILES string of the molecule is Cc1ccc(-c2ccc(-c3nnc(-n4cncn4)c4c3CCCC4)s2)nc1. The number of hydrogen-bond acceptors (Lipinski definition) is 6. The zero-order valence-corrected chi connectivity index (χ0v) is 15.8. The fraction of sp³-hybridized carbons (Fsp3) is 0.250. The molecule has 0 atom stereocenters. The molecule has 0 spiro atoms. The van der Waals surface area contributed by atoms with Gasteiger partial charge in [0.25, 0.3) is 0 Å². The van der Waals surface area contributed by atoms with Crippen molar-refractivity contribution in [2.75, 3.05) is 0 Å². The van der Waals surface area contributed by atoms with Gasteiger partial charge in [0.1, 0.15) is 18.3 Å². The molecule has 7 heteroatoms. The zero-order chi connectivity index (χ0) is 18.2. The fourth-order valence-electron chi connectivity index (χ4n) is 3.55. The number of aryl methyl sites for hydroxylation is 1. The first-order valence-electron chi connectivity index (χ1n) is 9.06. The Morgan fingerprint density at radius 1 is 0.963 bits per heavy atom. The third kappa shape index (κ3) is 2.94. The Balaban J connectivity index is 1.59. The summed E-state index contributed by atoms with van der Waals surface area (Å²) in [6.45, 7) is 2.05. The van der Waals surface area contributed by atoms with Crippen molar-refractivity contribution in [3.63, 3.8) is 0 Å². The van der Waals surface area contributed by atoms with Crippen LogP contribution in [0.3, 0.4) is 0 Å². The highest BCUT2D eigenvalue weighted by atomic mass is 32.1. The van der Waals surface area contributed by atoms with Crippen LogP contribution in [0.4, 0.5) is 0 Å². The van der Waals surface area contributed by atoms with E-state index in [1.165, 1.54) is 35.9 Å². The normalized spacial score (nSPS) is 13.5. The summed E-state index contributed by atoms with van der Waals surface area (Å²) in [6.07, 6.45) is 9.50. The second-order valence-corrected chi connectivity index (χ2v) is 7.84. The number of hydrogen-bond donors (Lipinski definition) is 0. The summed E-state index contributed by atoms with van der Waals surface area (Å²) in [5.74, 6) is 0.808. The second kappa shape index (κ2) is 6.66. The summed E-state index contributed by atoms with van der Waals surface area (Å²) in [7, 11) is 0. The quantitative estimate of drug-likeness (QED) is 0.541. The first kappa shape index (κ1) is 16.3. The third-order valence-electron chi connectivity index (χ3n) is 4.91. The van der Waals surface area contributed by atoms with Gasteiger partial charge in [0.15, 0.2) is 5.82 Å². The van der Waals surface area contributed by atoms with E-state index in [0.29, 0.717) is 0 Å². The van der Waals surface area contributed by atoms with E-state index in [1.54, 1.807) is 22.3 Å². The molecular formula is C20H18N6S. The maximum Gasteiger partial charge on any atom is 0.180 e. The molecule has 0 radical (unpaired) electrons. The van der Waals surface area contributed by atoms with Crippen molar-refractivity contribution in [2.45, 2.75) is 32.6 Å². The number of thiophene rings is 1. The van der Waals surface area contributed by atoms with E-state index < -0.39 is 0 Å². The van der Waals surface area contributed by atoms with Crippen molar-refractivity contribution >= 4 is 11.3 Å². The minimum absolute atomic E-state index is 0.808. The molecule has 0 bridgehead atoms. The highest BCUT2D eigenvalue weighted by Gasteiger charge is 2.22. The minimum Gasteiger partial charge on any atom is -0.255 e. The first-order chi connectivity index (χ1) is 13.3. The summed E-state index contributed by atoms with van der Waals surface area (Å²) in [4.78, 5) is 10.9. The summed E-state index contributed by atoms with van der Waals surface area (Å²) in [5.41, 5.74) is 5.71. The van der Waals surface area contributed by atoms with Gasteiger partial charge in [0.05, 0.1) is 15.4 Å². The van der Waals surface area contributed by atoms with Gasteiger partial charge in [-0.05, 0) is 61.9 Å². The molecule has 0 amide bonds. The van der Waals surface area contributed by atoms with Crippen molar-refractivity contribution < 1.29 is 0 Å². The molecule has 27 heavy (non-hydrogen) atoms. The topological polar surface area (TPSA) is 69.4 Å². The molecule has 5 rings (SSSR count). The van der Waals surface area contributed by atoms with Crippen LogP contribution in [0.5, 0.6) is 0 Å². The van der Waals surface area contributed by atoms with Crippen LogP contribution in [0.2, 0.25) is 0 Å². The minimum atomic E-state index is 0.808. The molecule has 134 valence electrons. The Morgan fingerprint density at radius 3 is 2.59 bits per heavy atom. The van der Waals surface area contributed by atoms with Gasteiger partial charge in [-0.15, -0.1) is 21.5 Å². The molecule has 0 unspecified atom stereocenters. The van der Waals surface area contributed by atoms with Crippen LogP contribution < -0.4 is 0 Å². The van der Waals surface area contributed by atoms with Crippen LogP contribution >= 0.6 is 11.3 Å². The van der Waals surface area contributed by atoms with Crippen LogP contribution in [0.25, 0.3) is 27.0 Å². The van der Waals surface area contributed by atoms with Gasteiger partial charge in [-0.25, -0.2) is 9.67 Å². The molecule has 0 saturated heterocycles. The Morgan fingerprint density at radius 2 is 1.81 bits per heavy atom. The number of rotatable bonds is 3. The zero-order valence-electron chi connectivity index (χ0n) is 15.0. The molecule has 6 nitrogen and oxygen atoms in total. The lowest BCUT2D eigenvalue weighted by Gasteiger charge is -2.20. The monoisotopic (exact) mass is 374 g/mol. The predicted octanol–water partition coefficient (Wildman–Crippen LogP) is 4.04. The Labute approximate surface area is 161 Å². The fourth-order valence-corrected chi connectivity index (χ4v) is 4.54. The molecule has 1 aliphatic rings. The molecule has 0 fully saturated rings. The molecule has 0 N–H and O–H groups in total. The molecule has 4 aromatic rings. The summed E-state index contributed by atoms with van der Waals surface area (Å²) >= 11 is 1.72. The summed E-state index contributed by atoms with van der Waals surface area (Å²) < 4.78 is 1.72. The highest BCUT2D eigenvalue weighted by molar-refractivity contribution is 7.18. The third-order valence-corrected chi connectivity index (χ3v) is 6.02. The van der Waals surface area contributed by atoms with Crippen LogP contribution in [-0.2, 0) is 12.8 Å². The number of aromatic nitrogens is 6. The van der Waals surface area contributed by atoms with E-state index in [-0.39, 0.29) is 0 Å². The van der Waals surface area contributed by atoms with Crippen LogP contribution in [0, 0.1) is 6.92 Å². The standard InChI is InChI=1S/C20H18N6S/c1-13-6-7-16(22-10-13)17-8-9-18(27-17)19-14-4-2-3-5-15(14)20(25-24-19)26-12-21-11-23-26/h6-12H,2-5H2,1H3. The maximum absolute atomic E-state index is 4.59. The number of nitrogens with zero attached hydrogens (tertiary/aromatic N) is 6. The van der Waals surface area contributed by atoms with Crippen LogP contribution in [0.15, 0.2) is 43.1 Å².